The number of ether oxygens (including phenoxy) is 1. The van der Waals surface area contributed by atoms with E-state index in [9.17, 15) is 0 Å². The van der Waals surface area contributed by atoms with Gasteiger partial charge in [-0.2, -0.15) is 0 Å². The molecule has 0 radical (unpaired) electrons. The maximum absolute atomic E-state index is 6.47. The summed E-state index contributed by atoms with van der Waals surface area (Å²) in [6.45, 7) is 0. The van der Waals surface area contributed by atoms with Crippen molar-refractivity contribution in [1.29, 1.82) is 0 Å². The minimum Gasteiger partial charge on any atom is -0.496 e. The quantitative estimate of drug-likeness (QED) is 0.590. The van der Waals surface area contributed by atoms with Gasteiger partial charge in [0.05, 0.1) is 17.0 Å². The van der Waals surface area contributed by atoms with Crippen LogP contribution in [0.15, 0.2) is 51.4 Å². The predicted molar refractivity (Wildman–Crippen MR) is 87.1 cm³/mol. The van der Waals surface area contributed by atoms with E-state index in [1.807, 2.05) is 30.3 Å². The zero-order valence-electron chi connectivity index (χ0n) is 10.4. The zero-order chi connectivity index (χ0) is 13.8. The molecule has 2 aromatic carbocycles. The van der Waals surface area contributed by atoms with Gasteiger partial charge in [-0.3, -0.25) is 0 Å². The van der Waals surface area contributed by atoms with E-state index >= 15 is 0 Å². The molecule has 4 heteroatoms. The highest BCUT2D eigenvalue weighted by Crippen LogP contribution is 2.32. The molecule has 0 heterocycles. The van der Waals surface area contributed by atoms with Crippen LogP contribution in [0.2, 0.25) is 0 Å². The van der Waals surface area contributed by atoms with Crippen LogP contribution in [0.1, 0.15) is 16.5 Å². The summed E-state index contributed by atoms with van der Waals surface area (Å²) in [6.07, 6.45) is 0.799. The average molecular weight is 405 g/mol. The van der Waals surface area contributed by atoms with Gasteiger partial charge in [0.2, 0.25) is 0 Å². The molecule has 1 unspecified atom stereocenters. The number of methoxy groups -OCH3 is 1. The third-order valence-electron chi connectivity index (χ3n) is 2.87. The Labute approximate surface area is 135 Å². The largest absolute Gasteiger partial charge is 0.496 e. The Morgan fingerprint density at radius 2 is 1.79 bits per heavy atom. The van der Waals surface area contributed by atoms with Gasteiger partial charge in [0, 0.05) is 4.47 Å². The Balaban J connectivity index is 2.13. The van der Waals surface area contributed by atoms with Crippen LogP contribution in [-0.4, -0.2) is 7.11 Å². The van der Waals surface area contributed by atoms with E-state index in [0.717, 1.165) is 26.7 Å². The summed E-state index contributed by atoms with van der Waals surface area (Å²) in [6, 6.07) is 14.2. The van der Waals surface area contributed by atoms with Crippen LogP contribution in [0.3, 0.4) is 0 Å². The molecule has 100 valence electrons. The Morgan fingerprint density at radius 1 is 1.11 bits per heavy atom. The van der Waals surface area contributed by atoms with Crippen LogP contribution < -0.4 is 4.74 Å². The maximum Gasteiger partial charge on any atom is 0.133 e. The lowest BCUT2D eigenvalue weighted by molar-refractivity contribution is 0.412. The third-order valence-corrected chi connectivity index (χ3v) is 4.42. The maximum atomic E-state index is 6.47. The SMILES string of the molecule is COc1ccc(C(Cl)Cc2ccc(Br)cc2)cc1Br. The molecule has 0 spiro atoms. The van der Waals surface area contributed by atoms with Gasteiger partial charge in [-0.1, -0.05) is 34.1 Å². The average Bonchev–Trinajstić information content (AvgIpc) is 2.41. The van der Waals surface area contributed by atoms with Crippen molar-refractivity contribution in [1.82, 2.24) is 0 Å². The van der Waals surface area contributed by atoms with E-state index in [2.05, 4.69) is 44.0 Å². The number of hydrogen-bond acceptors (Lipinski definition) is 1. The first-order valence-corrected chi connectivity index (χ1v) is 7.84. The van der Waals surface area contributed by atoms with Crippen LogP contribution in [-0.2, 0) is 6.42 Å². The summed E-state index contributed by atoms with van der Waals surface area (Å²) in [5.74, 6) is 0.816. The minimum absolute atomic E-state index is 0.0524. The Hall–Kier alpha value is -0.510. The molecule has 0 saturated carbocycles. The summed E-state index contributed by atoms with van der Waals surface area (Å²) < 4.78 is 7.22. The zero-order valence-corrected chi connectivity index (χ0v) is 14.3. The molecule has 0 aromatic heterocycles. The van der Waals surface area contributed by atoms with Crippen molar-refractivity contribution in [2.45, 2.75) is 11.8 Å². The fourth-order valence-corrected chi connectivity index (χ4v) is 2.96. The molecule has 0 aliphatic heterocycles. The Bertz CT molecular complexity index is 555. The van der Waals surface area contributed by atoms with Crippen molar-refractivity contribution < 1.29 is 4.74 Å². The lowest BCUT2D eigenvalue weighted by Gasteiger charge is -2.12. The van der Waals surface area contributed by atoms with E-state index in [-0.39, 0.29) is 5.38 Å². The second-order valence-electron chi connectivity index (χ2n) is 4.19. The van der Waals surface area contributed by atoms with Gasteiger partial charge in [-0.05, 0) is 57.7 Å². The van der Waals surface area contributed by atoms with Crippen molar-refractivity contribution in [3.8, 4) is 5.75 Å². The van der Waals surface area contributed by atoms with E-state index in [4.69, 9.17) is 16.3 Å². The lowest BCUT2D eigenvalue weighted by Crippen LogP contribution is -1.96. The number of alkyl halides is 1. The molecule has 0 fully saturated rings. The monoisotopic (exact) mass is 402 g/mol. The first-order valence-electron chi connectivity index (χ1n) is 5.82. The molecule has 2 rings (SSSR count). The van der Waals surface area contributed by atoms with Crippen LogP contribution >= 0.6 is 43.5 Å². The molecule has 0 aliphatic rings. The van der Waals surface area contributed by atoms with E-state index in [1.54, 1.807) is 7.11 Å². The van der Waals surface area contributed by atoms with Crippen LogP contribution in [0, 0.1) is 0 Å². The predicted octanol–water partition coefficient (Wildman–Crippen LogP) is 5.74. The summed E-state index contributed by atoms with van der Waals surface area (Å²) in [5, 5.41) is -0.0524. The van der Waals surface area contributed by atoms with Crippen molar-refractivity contribution in [3.05, 3.63) is 62.5 Å². The molecule has 2 aromatic rings. The summed E-state index contributed by atoms with van der Waals surface area (Å²) in [5.41, 5.74) is 2.30. The topological polar surface area (TPSA) is 9.23 Å². The molecular weight excluding hydrogens is 391 g/mol. The molecule has 0 N–H and O–H groups in total. The van der Waals surface area contributed by atoms with Gasteiger partial charge >= 0.3 is 0 Å². The Kier molecular flexibility index (Phi) is 5.31. The lowest BCUT2D eigenvalue weighted by atomic mass is 10.0. The van der Waals surface area contributed by atoms with Gasteiger partial charge < -0.3 is 4.74 Å². The Morgan fingerprint density at radius 3 is 2.37 bits per heavy atom. The fourth-order valence-electron chi connectivity index (χ4n) is 1.82. The summed E-state index contributed by atoms with van der Waals surface area (Å²) in [7, 11) is 1.65. The van der Waals surface area contributed by atoms with E-state index in [1.165, 1.54) is 5.56 Å². The molecular formula is C15H13Br2ClO. The highest BCUT2D eigenvalue weighted by atomic mass is 79.9. The molecule has 0 bridgehead atoms. The van der Waals surface area contributed by atoms with Gasteiger partial charge in [0.1, 0.15) is 5.75 Å². The van der Waals surface area contributed by atoms with Crippen molar-refractivity contribution in [3.63, 3.8) is 0 Å². The summed E-state index contributed by atoms with van der Waals surface area (Å²) >= 11 is 13.4. The second kappa shape index (κ2) is 6.78. The fraction of sp³-hybridized carbons (Fsp3) is 0.200. The van der Waals surface area contributed by atoms with E-state index in [0.29, 0.717) is 0 Å². The third kappa shape index (κ3) is 3.98. The highest BCUT2D eigenvalue weighted by molar-refractivity contribution is 9.10. The standard InChI is InChI=1S/C15H13Br2ClO/c1-19-15-7-4-11(9-13(15)17)14(18)8-10-2-5-12(16)6-3-10/h2-7,9,14H,8H2,1H3. The number of rotatable bonds is 4. The van der Waals surface area contributed by atoms with Crippen molar-refractivity contribution in [2.24, 2.45) is 0 Å². The number of halogens is 3. The number of benzene rings is 2. The summed E-state index contributed by atoms with van der Waals surface area (Å²) in [4.78, 5) is 0. The van der Waals surface area contributed by atoms with Crippen molar-refractivity contribution in [2.75, 3.05) is 7.11 Å². The molecule has 0 saturated heterocycles. The molecule has 19 heavy (non-hydrogen) atoms. The number of hydrogen-bond donors (Lipinski definition) is 0. The van der Waals surface area contributed by atoms with Gasteiger partial charge in [0.15, 0.2) is 0 Å². The molecule has 0 aliphatic carbocycles. The van der Waals surface area contributed by atoms with E-state index < -0.39 is 0 Å². The highest BCUT2D eigenvalue weighted by Gasteiger charge is 2.11. The van der Waals surface area contributed by atoms with Crippen molar-refractivity contribution >= 4 is 43.5 Å². The normalized spacial score (nSPS) is 12.2. The van der Waals surface area contributed by atoms with Gasteiger partial charge in [-0.25, -0.2) is 0 Å². The van der Waals surface area contributed by atoms with Gasteiger partial charge in [-0.15, -0.1) is 11.6 Å². The van der Waals surface area contributed by atoms with Crippen LogP contribution in [0.5, 0.6) is 5.75 Å². The van der Waals surface area contributed by atoms with Crippen LogP contribution in [0.4, 0.5) is 0 Å². The molecule has 0 amide bonds. The first kappa shape index (κ1) is 14.9. The van der Waals surface area contributed by atoms with Crippen LogP contribution in [0.25, 0.3) is 0 Å². The minimum atomic E-state index is -0.0524. The van der Waals surface area contributed by atoms with Gasteiger partial charge in [0.25, 0.3) is 0 Å². The smallest absolute Gasteiger partial charge is 0.133 e. The molecule has 1 nitrogen and oxygen atoms in total. The molecule has 1 atom stereocenters. The second-order valence-corrected chi connectivity index (χ2v) is 6.49. The first-order chi connectivity index (χ1) is 9.10.